The van der Waals surface area contributed by atoms with E-state index in [1.54, 1.807) is 22.6 Å². The van der Waals surface area contributed by atoms with E-state index in [1.807, 2.05) is 46.0 Å². The van der Waals surface area contributed by atoms with E-state index in [0.29, 0.717) is 43.0 Å². The first-order chi connectivity index (χ1) is 18.4. The molecule has 2 unspecified atom stereocenters. The number of benzene rings is 1. The highest BCUT2D eigenvalue weighted by Crippen LogP contribution is 2.41. The third-order valence-electron chi connectivity index (χ3n) is 7.42. The Morgan fingerprint density at radius 2 is 2.00 bits per heavy atom. The lowest BCUT2D eigenvalue weighted by Gasteiger charge is -2.32. The lowest BCUT2D eigenvalue weighted by atomic mass is 9.96. The minimum Gasteiger partial charge on any atom is -0.367 e. The SMILES string of the molecule is CC[C@H]1C[C@@H](Nc2ncncc2C(=O)c2cc(C(c3cccc(Cl)c3)N(C)S(=O)C(C)(C)C)c(Cl)s2)C[C@@H]1C. The number of nitrogens with one attached hydrogen (secondary N) is 1. The Labute approximate surface area is 248 Å². The third kappa shape index (κ3) is 6.73. The van der Waals surface area contributed by atoms with Crippen LogP contribution in [0.25, 0.3) is 0 Å². The van der Waals surface area contributed by atoms with Crippen LogP contribution in [0.1, 0.15) is 86.3 Å². The van der Waals surface area contributed by atoms with E-state index in [-0.39, 0.29) is 11.8 Å². The average Bonchev–Trinajstić information content (AvgIpc) is 3.44. The van der Waals surface area contributed by atoms with Crippen LogP contribution in [0.3, 0.4) is 0 Å². The highest BCUT2D eigenvalue weighted by Gasteiger charge is 2.34. The van der Waals surface area contributed by atoms with Crippen LogP contribution in [0.15, 0.2) is 42.9 Å². The van der Waals surface area contributed by atoms with E-state index in [4.69, 9.17) is 23.2 Å². The molecule has 0 spiro atoms. The summed E-state index contributed by atoms with van der Waals surface area (Å²) in [5, 5.41) is 4.09. The molecule has 2 heterocycles. The molecule has 1 aliphatic carbocycles. The van der Waals surface area contributed by atoms with Gasteiger partial charge in [0.25, 0.3) is 0 Å². The monoisotopic (exact) mass is 606 g/mol. The van der Waals surface area contributed by atoms with Gasteiger partial charge in [0.2, 0.25) is 5.78 Å². The van der Waals surface area contributed by atoms with Gasteiger partial charge in [0.05, 0.1) is 25.6 Å². The van der Waals surface area contributed by atoms with Gasteiger partial charge in [-0.05, 0) is 69.2 Å². The maximum atomic E-state index is 13.8. The zero-order chi connectivity index (χ0) is 28.5. The average molecular weight is 608 g/mol. The molecule has 1 aromatic carbocycles. The summed E-state index contributed by atoms with van der Waals surface area (Å²) in [7, 11) is 0.449. The molecule has 0 aliphatic heterocycles. The molecule has 10 heteroatoms. The van der Waals surface area contributed by atoms with Gasteiger partial charge in [-0.1, -0.05) is 55.6 Å². The van der Waals surface area contributed by atoms with Crippen molar-refractivity contribution in [2.24, 2.45) is 11.8 Å². The van der Waals surface area contributed by atoms with E-state index in [0.717, 1.165) is 24.8 Å². The molecule has 0 radical (unpaired) electrons. The molecule has 39 heavy (non-hydrogen) atoms. The molecule has 2 aromatic heterocycles. The molecule has 3 aromatic rings. The topological polar surface area (TPSA) is 75.2 Å². The molecule has 1 fully saturated rings. The van der Waals surface area contributed by atoms with Gasteiger partial charge in [0, 0.05) is 29.9 Å². The van der Waals surface area contributed by atoms with Crippen molar-refractivity contribution in [2.45, 2.75) is 70.7 Å². The number of carbonyl (C=O) groups is 1. The van der Waals surface area contributed by atoms with Crippen molar-refractivity contribution in [3.8, 4) is 0 Å². The number of anilines is 1. The fraction of sp³-hybridized carbons (Fsp3) is 0.483. The molecule has 210 valence electrons. The largest absolute Gasteiger partial charge is 0.367 e. The first-order valence-electron chi connectivity index (χ1n) is 13.2. The minimum absolute atomic E-state index is 0.196. The molecule has 1 N–H and O–H groups in total. The van der Waals surface area contributed by atoms with E-state index in [2.05, 4.69) is 29.1 Å². The molecule has 0 bridgehead atoms. The fourth-order valence-electron chi connectivity index (χ4n) is 5.43. The summed E-state index contributed by atoms with van der Waals surface area (Å²) in [6.07, 6.45) is 6.28. The van der Waals surface area contributed by atoms with Crippen molar-refractivity contribution in [1.82, 2.24) is 14.3 Å². The number of hydrogen-bond donors (Lipinski definition) is 1. The zero-order valence-electron chi connectivity index (χ0n) is 23.2. The Bertz CT molecular complexity index is 1360. The number of aromatic nitrogens is 2. The summed E-state index contributed by atoms with van der Waals surface area (Å²) in [5.41, 5.74) is 1.96. The molecular weight excluding hydrogens is 571 g/mol. The van der Waals surface area contributed by atoms with Crippen LogP contribution in [0.4, 0.5) is 5.82 Å². The highest BCUT2D eigenvalue weighted by atomic mass is 35.5. The summed E-state index contributed by atoms with van der Waals surface area (Å²) < 4.78 is 15.2. The predicted molar refractivity (Wildman–Crippen MR) is 163 cm³/mol. The quantitative estimate of drug-likeness (QED) is 0.251. The first-order valence-corrected chi connectivity index (χ1v) is 15.9. The summed E-state index contributed by atoms with van der Waals surface area (Å²) in [6, 6.07) is 9.03. The van der Waals surface area contributed by atoms with Gasteiger partial charge in [0.1, 0.15) is 23.1 Å². The Hall–Kier alpha value is -1.84. The van der Waals surface area contributed by atoms with Gasteiger partial charge in [0.15, 0.2) is 0 Å². The molecule has 1 aliphatic rings. The summed E-state index contributed by atoms with van der Waals surface area (Å²) in [4.78, 5) is 22.9. The molecule has 0 saturated heterocycles. The van der Waals surface area contributed by atoms with Crippen molar-refractivity contribution in [3.05, 3.63) is 73.8 Å². The number of hydrogen-bond acceptors (Lipinski definition) is 6. The number of nitrogens with zero attached hydrogens (tertiary/aromatic N) is 3. The molecular formula is C29H36Cl2N4O2S2. The number of carbonyl (C=O) groups excluding carboxylic acids is 1. The highest BCUT2D eigenvalue weighted by molar-refractivity contribution is 7.84. The Balaban J connectivity index is 1.69. The summed E-state index contributed by atoms with van der Waals surface area (Å²) in [6.45, 7) is 10.3. The summed E-state index contributed by atoms with van der Waals surface area (Å²) >= 11 is 14.4. The second-order valence-corrected chi connectivity index (χ2v) is 15.7. The number of rotatable bonds is 9. The maximum absolute atomic E-state index is 13.8. The van der Waals surface area contributed by atoms with Crippen LogP contribution in [-0.4, -0.2) is 42.1 Å². The van der Waals surface area contributed by atoms with Crippen LogP contribution in [-0.2, 0) is 11.0 Å². The fourth-order valence-corrected chi connectivity index (χ4v) is 8.20. The lowest BCUT2D eigenvalue weighted by molar-refractivity contribution is 0.104. The van der Waals surface area contributed by atoms with E-state index in [9.17, 15) is 9.00 Å². The van der Waals surface area contributed by atoms with Crippen molar-refractivity contribution in [1.29, 1.82) is 0 Å². The van der Waals surface area contributed by atoms with Gasteiger partial charge in [-0.2, -0.15) is 0 Å². The second kappa shape index (κ2) is 12.4. The van der Waals surface area contributed by atoms with Crippen molar-refractivity contribution in [3.63, 3.8) is 0 Å². The summed E-state index contributed by atoms with van der Waals surface area (Å²) in [5.74, 6) is 1.65. The standard InChI is InChI=1S/C29H36Cl2N4O2S2/c1-7-18-13-21(11-17(18)2)34-28-23(15-32-16-33-28)26(36)24-14-22(27(31)38-24)25(19-9-8-10-20(30)12-19)35(6)39(37)29(3,4)5/h8-10,12,14-18,21,25H,7,11,13H2,1-6H3,(H,32,33,34)/t17-,18-,21-,25?,39?/m0/s1. The van der Waals surface area contributed by atoms with E-state index < -0.39 is 21.8 Å². The van der Waals surface area contributed by atoms with Crippen LogP contribution >= 0.6 is 34.5 Å². The number of thiophene rings is 1. The van der Waals surface area contributed by atoms with Gasteiger partial charge < -0.3 is 5.32 Å². The van der Waals surface area contributed by atoms with Gasteiger partial charge >= 0.3 is 0 Å². The van der Waals surface area contributed by atoms with Crippen molar-refractivity contribution < 1.29 is 9.00 Å². The number of halogens is 2. The van der Waals surface area contributed by atoms with Crippen molar-refractivity contribution in [2.75, 3.05) is 12.4 Å². The minimum atomic E-state index is -1.36. The van der Waals surface area contributed by atoms with Crippen molar-refractivity contribution >= 4 is 57.1 Å². The zero-order valence-corrected chi connectivity index (χ0v) is 26.3. The molecule has 6 nitrogen and oxygen atoms in total. The normalized spacial score (nSPS) is 21.2. The first kappa shape index (κ1) is 30.1. The second-order valence-electron chi connectivity index (χ2n) is 11.3. The third-order valence-corrected chi connectivity index (χ3v) is 10.8. The van der Waals surface area contributed by atoms with Crippen LogP contribution in [0.5, 0.6) is 0 Å². The Morgan fingerprint density at radius 1 is 1.26 bits per heavy atom. The van der Waals surface area contributed by atoms with E-state index >= 15 is 0 Å². The van der Waals surface area contributed by atoms with Crippen LogP contribution < -0.4 is 5.32 Å². The van der Waals surface area contributed by atoms with Gasteiger partial charge in [-0.3, -0.25) is 4.79 Å². The molecule has 4 rings (SSSR count). The Morgan fingerprint density at radius 3 is 2.64 bits per heavy atom. The number of ketones is 1. The van der Waals surface area contributed by atoms with Gasteiger partial charge in [-0.15, -0.1) is 11.3 Å². The maximum Gasteiger partial charge on any atom is 0.208 e. The van der Waals surface area contributed by atoms with Crippen LogP contribution in [0.2, 0.25) is 9.36 Å². The molecule has 0 amide bonds. The van der Waals surface area contributed by atoms with Crippen LogP contribution in [0, 0.1) is 11.8 Å². The predicted octanol–water partition coefficient (Wildman–Crippen LogP) is 7.80. The smallest absolute Gasteiger partial charge is 0.208 e. The molecule has 1 saturated carbocycles. The lowest BCUT2D eigenvalue weighted by Crippen LogP contribution is -2.37. The van der Waals surface area contributed by atoms with Gasteiger partial charge in [-0.25, -0.2) is 18.5 Å². The van der Waals surface area contributed by atoms with E-state index in [1.165, 1.54) is 17.7 Å². The Kier molecular flexibility index (Phi) is 9.54. The molecule has 5 atom stereocenters.